The SMILES string of the molecule is COCc1cc(C(=O)NC(C)C(C)C)cc(S(=O)(=O)Cl)c1. The normalized spacial score (nSPS) is 13.2. The van der Waals surface area contributed by atoms with E-state index in [1.807, 2.05) is 20.8 Å². The molecule has 1 amide bonds. The number of rotatable bonds is 6. The highest BCUT2D eigenvalue weighted by Crippen LogP contribution is 2.20. The summed E-state index contributed by atoms with van der Waals surface area (Å²) in [5.74, 6) is -0.0666. The van der Waals surface area contributed by atoms with E-state index in [2.05, 4.69) is 5.32 Å². The Labute approximate surface area is 130 Å². The average molecular weight is 334 g/mol. The van der Waals surface area contributed by atoms with Gasteiger partial charge in [0.1, 0.15) is 0 Å². The number of amides is 1. The van der Waals surface area contributed by atoms with E-state index in [0.29, 0.717) is 5.56 Å². The first-order chi connectivity index (χ1) is 9.65. The molecule has 0 aliphatic carbocycles. The molecule has 0 saturated carbocycles. The fraction of sp³-hybridized carbons (Fsp3) is 0.500. The monoisotopic (exact) mass is 333 g/mol. The third-order valence-electron chi connectivity index (χ3n) is 3.18. The van der Waals surface area contributed by atoms with Crippen molar-refractivity contribution < 1.29 is 17.9 Å². The minimum absolute atomic E-state index is 0.0281. The Hall–Kier alpha value is -1.11. The van der Waals surface area contributed by atoms with Crippen LogP contribution in [0.5, 0.6) is 0 Å². The lowest BCUT2D eigenvalue weighted by atomic mass is 10.1. The summed E-state index contributed by atoms with van der Waals surface area (Å²) in [7, 11) is 2.94. The second-order valence-electron chi connectivity index (χ2n) is 5.24. The van der Waals surface area contributed by atoms with Gasteiger partial charge in [-0.15, -0.1) is 0 Å². The van der Waals surface area contributed by atoms with E-state index in [-0.39, 0.29) is 34.9 Å². The topological polar surface area (TPSA) is 72.5 Å². The van der Waals surface area contributed by atoms with Gasteiger partial charge >= 0.3 is 0 Å². The fourth-order valence-corrected chi connectivity index (χ4v) is 2.47. The lowest BCUT2D eigenvalue weighted by Gasteiger charge is -2.18. The molecule has 1 aromatic rings. The first kappa shape index (κ1) is 17.9. The predicted molar refractivity (Wildman–Crippen MR) is 82.0 cm³/mol. The van der Waals surface area contributed by atoms with E-state index in [9.17, 15) is 13.2 Å². The molecule has 21 heavy (non-hydrogen) atoms. The zero-order chi connectivity index (χ0) is 16.2. The lowest BCUT2D eigenvalue weighted by molar-refractivity contribution is 0.0930. The van der Waals surface area contributed by atoms with Crippen LogP contribution in [0.1, 0.15) is 36.7 Å². The highest BCUT2D eigenvalue weighted by Gasteiger charge is 2.18. The molecule has 1 N–H and O–H groups in total. The van der Waals surface area contributed by atoms with Crippen molar-refractivity contribution in [1.82, 2.24) is 5.32 Å². The van der Waals surface area contributed by atoms with Crippen LogP contribution in [-0.4, -0.2) is 27.5 Å². The zero-order valence-electron chi connectivity index (χ0n) is 12.5. The third kappa shape index (κ3) is 5.30. The van der Waals surface area contributed by atoms with Crippen LogP contribution in [0.2, 0.25) is 0 Å². The quantitative estimate of drug-likeness (QED) is 0.812. The Morgan fingerprint density at radius 2 is 1.90 bits per heavy atom. The molecule has 0 aliphatic heterocycles. The number of carbonyl (C=O) groups is 1. The summed E-state index contributed by atoms with van der Waals surface area (Å²) in [6, 6.07) is 4.23. The van der Waals surface area contributed by atoms with Crippen molar-refractivity contribution in [3.05, 3.63) is 29.3 Å². The van der Waals surface area contributed by atoms with Crippen LogP contribution >= 0.6 is 10.7 Å². The van der Waals surface area contributed by atoms with Crippen LogP contribution in [-0.2, 0) is 20.4 Å². The second-order valence-corrected chi connectivity index (χ2v) is 7.81. The summed E-state index contributed by atoms with van der Waals surface area (Å²) >= 11 is 0. The Morgan fingerprint density at radius 3 is 2.38 bits per heavy atom. The van der Waals surface area contributed by atoms with Crippen molar-refractivity contribution in [2.24, 2.45) is 5.92 Å². The number of nitrogens with one attached hydrogen (secondary N) is 1. The maximum Gasteiger partial charge on any atom is 0.261 e. The number of ether oxygens (including phenoxy) is 1. The van der Waals surface area contributed by atoms with Crippen molar-refractivity contribution in [3.63, 3.8) is 0 Å². The first-order valence-corrected chi connectivity index (χ1v) is 8.84. The molecular weight excluding hydrogens is 314 g/mol. The summed E-state index contributed by atoms with van der Waals surface area (Å²) in [5, 5.41) is 2.83. The van der Waals surface area contributed by atoms with Gasteiger partial charge in [-0.25, -0.2) is 8.42 Å². The minimum atomic E-state index is -3.91. The predicted octanol–water partition coefficient (Wildman–Crippen LogP) is 2.53. The first-order valence-electron chi connectivity index (χ1n) is 6.53. The molecule has 0 aromatic heterocycles. The largest absolute Gasteiger partial charge is 0.380 e. The van der Waals surface area contributed by atoms with Crippen LogP contribution in [0.15, 0.2) is 23.1 Å². The summed E-state index contributed by atoms with van der Waals surface area (Å²) < 4.78 is 28.0. The standard InChI is InChI=1S/C14H20ClNO4S/c1-9(2)10(3)16-14(17)12-5-11(8-20-4)6-13(7-12)21(15,18)19/h5-7,9-10H,8H2,1-4H3,(H,16,17). The second kappa shape index (κ2) is 7.24. The number of methoxy groups -OCH3 is 1. The molecule has 0 radical (unpaired) electrons. The van der Waals surface area contributed by atoms with E-state index < -0.39 is 9.05 Å². The molecule has 5 nitrogen and oxygen atoms in total. The van der Waals surface area contributed by atoms with E-state index in [1.165, 1.54) is 19.2 Å². The lowest BCUT2D eigenvalue weighted by Crippen LogP contribution is -2.36. The molecule has 0 heterocycles. The van der Waals surface area contributed by atoms with Gasteiger partial charge in [0.2, 0.25) is 0 Å². The van der Waals surface area contributed by atoms with Gasteiger partial charge in [-0.3, -0.25) is 4.79 Å². The Bertz CT molecular complexity index is 613. The Balaban J connectivity index is 3.16. The van der Waals surface area contributed by atoms with E-state index in [1.54, 1.807) is 6.07 Å². The Kier molecular flexibility index (Phi) is 6.19. The van der Waals surface area contributed by atoms with Gasteiger partial charge in [-0.05, 0) is 36.6 Å². The van der Waals surface area contributed by atoms with E-state index in [4.69, 9.17) is 15.4 Å². The average Bonchev–Trinajstić information content (AvgIpc) is 2.37. The highest BCUT2D eigenvalue weighted by molar-refractivity contribution is 8.13. The fourth-order valence-electron chi connectivity index (χ4n) is 1.64. The summed E-state index contributed by atoms with van der Waals surface area (Å²) in [6.07, 6.45) is 0. The molecule has 118 valence electrons. The maximum absolute atomic E-state index is 12.2. The minimum Gasteiger partial charge on any atom is -0.380 e. The summed E-state index contributed by atoms with van der Waals surface area (Å²) in [4.78, 5) is 12.1. The van der Waals surface area contributed by atoms with Gasteiger partial charge in [0, 0.05) is 29.4 Å². The van der Waals surface area contributed by atoms with Crippen molar-refractivity contribution in [2.45, 2.75) is 38.3 Å². The van der Waals surface area contributed by atoms with Gasteiger partial charge in [0.25, 0.3) is 15.0 Å². The van der Waals surface area contributed by atoms with Gasteiger partial charge in [-0.1, -0.05) is 13.8 Å². The van der Waals surface area contributed by atoms with Gasteiger partial charge in [0.15, 0.2) is 0 Å². The molecule has 1 atom stereocenters. The molecule has 1 unspecified atom stereocenters. The molecule has 0 fully saturated rings. The third-order valence-corrected chi connectivity index (χ3v) is 4.51. The summed E-state index contributed by atoms with van der Waals surface area (Å²) in [5.41, 5.74) is 0.817. The summed E-state index contributed by atoms with van der Waals surface area (Å²) in [6.45, 7) is 6.06. The highest BCUT2D eigenvalue weighted by atomic mass is 35.7. The van der Waals surface area contributed by atoms with Gasteiger partial charge in [0.05, 0.1) is 11.5 Å². The molecule has 0 spiro atoms. The van der Waals surface area contributed by atoms with E-state index >= 15 is 0 Å². The number of carbonyl (C=O) groups excluding carboxylic acids is 1. The van der Waals surface area contributed by atoms with Crippen LogP contribution in [0.25, 0.3) is 0 Å². The molecule has 7 heteroatoms. The molecule has 0 saturated heterocycles. The number of hydrogen-bond donors (Lipinski definition) is 1. The van der Waals surface area contributed by atoms with E-state index in [0.717, 1.165) is 0 Å². The van der Waals surface area contributed by atoms with Crippen molar-refractivity contribution >= 4 is 25.6 Å². The van der Waals surface area contributed by atoms with Crippen LogP contribution in [0.3, 0.4) is 0 Å². The van der Waals surface area contributed by atoms with Crippen LogP contribution in [0, 0.1) is 5.92 Å². The van der Waals surface area contributed by atoms with Crippen LogP contribution < -0.4 is 5.32 Å². The number of benzene rings is 1. The molecule has 0 aliphatic rings. The van der Waals surface area contributed by atoms with Crippen molar-refractivity contribution in [3.8, 4) is 0 Å². The maximum atomic E-state index is 12.2. The zero-order valence-corrected chi connectivity index (χ0v) is 14.1. The molecule has 1 aromatic carbocycles. The van der Waals surface area contributed by atoms with Crippen LogP contribution in [0.4, 0.5) is 0 Å². The van der Waals surface area contributed by atoms with Crippen molar-refractivity contribution in [2.75, 3.05) is 7.11 Å². The molecule has 1 rings (SSSR count). The van der Waals surface area contributed by atoms with Gasteiger partial charge in [-0.2, -0.15) is 0 Å². The molecule has 0 bridgehead atoms. The molecular formula is C14H20ClNO4S. The van der Waals surface area contributed by atoms with Crippen molar-refractivity contribution in [1.29, 1.82) is 0 Å². The smallest absolute Gasteiger partial charge is 0.261 e. The Morgan fingerprint density at radius 1 is 1.29 bits per heavy atom. The van der Waals surface area contributed by atoms with Gasteiger partial charge < -0.3 is 10.1 Å². The number of halogens is 1. The number of hydrogen-bond acceptors (Lipinski definition) is 4.